The zero-order valence-electron chi connectivity index (χ0n) is 67.9. The monoisotopic (exact) mass is 1540 g/mol. The third-order valence-electron chi connectivity index (χ3n) is 22.1. The highest BCUT2D eigenvalue weighted by atomic mass is 16.5. The highest BCUT2D eigenvalue weighted by Gasteiger charge is 2.43. The highest BCUT2D eigenvalue weighted by Crippen LogP contribution is 2.34. The van der Waals surface area contributed by atoms with E-state index in [0.717, 1.165) is 34.4 Å². The Balaban J connectivity index is 0.949. The van der Waals surface area contributed by atoms with Crippen LogP contribution in [-0.2, 0) is 44.6 Å². The molecule has 0 spiro atoms. The van der Waals surface area contributed by atoms with Crippen LogP contribution in [0.5, 0.6) is 0 Å². The van der Waals surface area contributed by atoms with Crippen LogP contribution in [0.2, 0.25) is 0 Å². The lowest BCUT2D eigenvalue weighted by Gasteiger charge is -2.38. The molecule has 0 aliphatic rings. The number of likely N-dealkylation sites (N-methyl/N-ethyl adjacent to an activating group) is 4. The van der Waals surface area contributed by atoms with Crippen molar-refractivity contribution < 1.29 is 57.3 Å². The second kappa shape index (κ2) is 40.9. The second-order valence-corrected chi connectivity index (χ2v) is 29.6. The van der Waals surface area contributed by atoms with E-state index in [1.807, 2.05) is 225 Å². The Kier molecular flexibility index (Phi) is 31.0. The van der Waals surface area contributed by atoms with Crippen LogP contribution in [0, 0.1) is 0 Å². The van der Waals surface area contributed by atoms with E-state index in [0.29, 0.717) is 96.4 Å². The summed E-state index contributed by atoms with van der Waals surface area (Å²) >= 11 is 0. The molecule has 4 atom stereocenters. The Morgan fingerprint density at radius 1 is 0.263 bits per heavy atom. The number of benzene rings is 9. The van der Waals surface area contributed by atoms with Gasteiger partial charge in [0.05, 0.1) is 44.4 Å². The normalized spacial score (nSPS) is 13.5. The van der Waals surface area contributed by atoms with Gasteiger partial charge in [0.2, 0.25) is 0 Å². The van der Waals surface area contributed by atoms with E-state index in [1.165, 1.54) is 0 Å². The third kappa shape index (κ3) is 21.3. The van der Waals surface area contributed by atoms with Crippen LogP contribution < -0.4 is 21.3 Å². The van der Waals surface area contributed by atoms with Crippen molar-refractivity contribution in [2.75, 3.05) is 130 Å². The molecule has 114 heavy (non-hydrogen) atoms. The molecule has 9 aromatic carbocycles. The van der Waals surface area contributed by atoms with Crippen LogP contribution in [0.1, 0.15) is 158 Å². The van der Waals surface area contributed by atoms with Gasteiger partial charge in [0.15, 0.2) is 23.1 Å². The summed E-state index contributed by atoms with van der Waals surface area (Å²) in [5, 5.41) is 12.9. The lowest BCUT2D eigenvalue weighted by atomic mass is 9.80. The van der Waals surface area contributed by atoms with Gasteiger partial charge >= 0.3 is 23.9 Å². The van der Waals surface area contributed by atoms with E-state index in [-0.39, 0.29) is 75.7 Å². The average Bonchev–Trinajstić information content (AvgIpc) is 0.782. The molecule has 20 nitrogen and oxygen atoms in total. The summed E-state index contributed by atoms with van der Waals surface area (Å²) in [7, 11) is 15.3. The van der Waals surface area contributed by atoms with Gasteiger partial charge in [0.25, 0.3) is 0 Å². The molecule has 0 amide bonds. The summed E-state index contributed by atoms with van der Waals surface area (Å²) in [4.78, 5) is 124. The second-order valence-electron chi connectivity index (χ2n) is 29.6. The van der Waals surface area contributed by atoms with E-state index >= 15 is 0 Å². The highest BCUT2D eigenvalue weighted by molar-refractivity contribution is 6.11. The quantitative estimate of drug-likeness (QED) is 0.0120. The van der Waals surface area contributed by atoms with Crippen LogP contribution in [0.4, 0.5) is 22.7 Å². The van der Waals surface area contributed by atoms with Gasteiger partial charge in [0, 0.05) is 71.2 Å². The number of carbonyl (C=O) groups excluding carboxylic acids is 8. The van der Waals surface area contributed by atoms with Crippen molar-refractivity contribution in [2.45, 2.75) is 101 Å². The first-order valence-corrected chi connectivity index (χ1v) is 39.1. The minimum atomic E-state index is -1.03. The van der Waals surface area contributed by atoms with Gasteiger partial charge in [-0.25, -0.2) is 19.2 Å². The Morgan fingerprint density at radius 2 is 0.439 bits per heavy atom. The van der Waals surface area contributed by atoms with Crippen molar-refractivity contribution in [3.63, 3.8) is 0 Å². The number of nitrogens with one attached hydrogen (secondary N) is 4. The molecule has 0 saturated carbocycles. The van der Waals surface area contributed by atoms with Crippen molar-refractivity contribution in [1.82, 2.24) is 19.6 Å². The topological polar surface area (TPSA) is 235 Å². The molecular weight excluding hydrogens is 1430 g/mol. The molecule has 9 rings (SSSR count). The average molecular weight is 1540 g/mol. The minimum Gasteiger partial charge on any atom is -0.460 e. The van der Waals surface area contributed by atoms with Crippen LogP contribution >= 0.6 is 0 Å². The summed E-state index contributed by atoms with van der Waals surface area (Å²) in [5.74, 6) is -4.24. The maximum absolute atomic E-state index is 14.6. The molecule has 0 radical (unpaired) electrons. The van der Waals surface area contributed by atoms with Crippen molar-refractivity contribution in [3.8, 4) is 0 Å². The van der Waals surface area contributed by atoms with Crippen molar-refractivity contribution in [2.24, 2.45) is 0 Å². The Labute approximate surface area is 671 Å². The molecule has 20 heteroatoms. The fourth-order valence-corrected chi connectivity index (χ4v) is 14.9. The van der Waals surface area contributed by atoms with E-state index in [4.69, 9.17) is 18.9 Å². The smallest absolute Gasteiger partial charge is 0.339 e. The number of Topliss-reactive ketones (excluding diaryl/α,β-unsaturated/α-hetero) is 4. The number of hydrogen-bond acceptors (Lipinski definition) is 20. The number of rotatable bonds is 44. The van der Waals surface area contributed by atoms with Crippen LogP contribution in [-0.4, -0.2) is 198 Å². The van der Waals surface area contributed by atoms with Gasteiger partial charge in [-0.3, -0.25) is 38.8 Å². The summed E-state index contributed by atoms with van der Waals surface area (Å²) in [6, 6.07) is 70.0. The molecule has 9 aromatic rings. The molecular formula is C94H110N8O12. The van der Waals surface area contributed by atoms with Crippen molar-refractivity contribution >= 4 is 69.8 Å². The maximum Gasteiger partial charge on any atom is 0.339 e. The van der Waals surface area contributed by atoms with E-state index in [2.05, 4.69) is 21.3 Å². The zero-order chi connectivity index (χ0) is 82.0. The number of ketones is 4. The van der Waals surface area contributed by atoms with Gasteiger partial charge in [-0.2, -0.15) is 0 Å². The molecule has 0 fully saturated rings. The maximum atomic E-state index is 14.6. The summed E-state index contributed by atoms with van der Waals surface area (Å²) in [6.07, 6.45) is 4.35. The number of hydrogen-bond donors (Lipinski definition) is 4. The van der Waals surface area contributed by atoms with Crippen LogP contribution in [0.25, 0.3) is 0 Å². The predicted molar refractivity (Wildman–Crippen MR) is 452 cm³/mol. The van der Waals surface area contributed by atoms with Gasteiger partial charge in [0.1, 0.15) is 26.4 Å². The molecule has 0 bridgehead atoms. The number of anilines is 4. The third-order valence-corrected chi connectivity index (χ3v) is 22.1. The molecule has 0 aromatic heterocycles. The van der Waals surface area contributed by atoms with E-state index in [1.54, 1.807) is 97.1 Å². The number of carbonyl (C=O) groups is 8. The fraction of sp³-hybridized carbons (Fsp3) is 0.340. The first-order chi connectivity index (χ1) is 54.9. The largest absolute Gasteiger partial charge is 0.460 e. The van der Waals surface area contributed by atoms with E-state index in [9.17, 15) is 38.4 Å². The lowest BCUT2D eigenvalue weighted by molar-refractivity contribution is 0.0457. The van der Waals surface area contributed by atoms with Crippen LogP contribution in [0.15, 0.2) is 231 Å². The van der Waals surface area contributed by atoms with Gasteiger partial charge in [-0.15, -0.1) is 0 Å². The number of nitrogens with zero attached hydrogens (tertiary/aromatic N) is 4. The predicted octanol–water partition coefficient (Wildman–Crippen LogP) is 15.3. The number of esters is 4. The van der Waals surface area contributed by atoms with Gasteiger partial charge in [-0.1, -0.05) is 149 Å². The number of ether oxygens (including phenoxy) is 4. The van der Waals surface area contributed by atoms with Gasteiger partial charge in [-0.05, 0) is 239 Å². The van der Waals surface area contributed by atoms with Crippen molar-refractivity contribution in [3.05, 3.63) is 297 Å². The summed E-state index contributed by atoms with van der Waals surface area (Å²) in [5.41, 5.74) is 3.93. The van der Waals surface area contributed by atoms with Crippen molar-refractivity contribution in [1.29, 1.82) is 0 Å². The van der Waals surface area contributed by atoms with Crippen LogP contribution in [0.3, 0.4) is 0 Å². The minimum absolute atomic E-state index is 0.0276. The molecule has 0 aliphatic carbocycles. The Hall–Kier alpha value is -11.4. The summed E-state index contributed by atoms with van der Waals surface area (Å²) in [6.45, 7) is 7.33. The summed E-state index contributed by atoms with van der Waals surface area (Å²) < 4.78 is 23.4. The van der Waals surface area contributed by atoms with E-state index < -0.39 is 68.3 Å². The Morgan fingerprint density at radius 3 is 0.596 bits per heavy atom. The molecule has 0 saturated heterocycles. The molecule has 598 valence electrons. The molecule has 0 heterocycles. The first kappa shape index (κ1) is 86.6. The zero-order valence-corrected chi connectivity index (χ0v) is 67.9. The fourth-order valence-electron chi connectivity index (χ4n) is 14.9. The SMILES string of the molecule is CCC(Cc1ccccc1)(C(=O)c1ccc(NCCOC(=O)c2cc(C(=O)OCCNc3ccc(C(=O)C(CC)(Cc4ccccc4)N(C)C)cc3)c(C(=O)OCCNc3ccc(C(=O)C(CC)(Cc4ccccc4)N(C)C)cc3)cc2C(=O)OCCNc2ccc(C(=O)C(CC)(Cc3ccccc3)N(C)C)cc2)cc1)N(C)C. The molecule has 4 unspecified atom stereocenters. The Bertz CT molecular complexity index is 4090. The first-order valence-electron chi connectivity index (χ1n) is 39.1. The molecule has 4 N–H and O–H groups in total. The lowest BCUT2D eigenvalue weighted by Crippen LogP contribution is -2.52. The molecule has 0 aliphatic heterocycles. The van der Waals surface area contributed by atoms with Gasteiger partial charge < -0.3 is 40.2 Å². The standard InChI is InChI=1S/C94H110N8O12/c1-13-91(99(5)6,63-67-29-21-17-22-30-67)83(103)71-37-45-75(46-38-71)95-53-57-111-87(107)79-61-81(89(109)113-59-55-97-77-49-41-73(42-50-77)85(105)93(15-3,101(9)10)65-69-33-25-19-26-34-69)82(90(110)114-60-56-98-78-51-43-74(44-52-78)86(106)94(16-4,102(11)12)66-70-35-27-20-28-36-70)62-80(79)88(108)112-58-54-96-76-47-39-72(40-48-76)84(104)92(14-2,100(7)8)64-68-31-23-18-24-32-68/h17-52,61-62,95-98H,13-16,53-60,63-66H2,1-12H3.